The van der Waals surface area contributed by atoms with Crippen LogP contribution < -0.4 is 0 Å². The van der Waals surface area contributed by atoms with E-state index in [4.69, 9.17) is 19.6 Å². The van der Waals surface area contributed by atoms with Gasteiger partial charge in [0, 0.05) is 88.7 Å². The predicted octanol–water partition coefficient (Wildman–Crippen LogP) is -1.84. The van der Waals surface area contributed by atoms with Crippen LogP contribution in [0.4, 0.5) is 0 Å². The molecule has 0 aromatic heterocycles. The summed E-state index contributed by atoms with van der Waals surface area (Å²) in [4.78, 5) is 31.9. The van der Waals surface area contributed by atoms with E-state index >= 15 is 0 Å². The third-order valence-corrected chi connectivity index (χ3v) is 3.32. The number of hydrogen-bond acceptors (Lipinski definition) is 2. The molecule has 0 atom stereocenters. The Bertz CT molecular complexity index is 161. The molecule has 0 aliphatic rings. The topological polar surface area (TPSA) is 115 Å². The molecule has 0 spiro atoms. The van der Waals surface area contributed by atoms with Crippen LogP contribution in [0.5, 0.6) is 0 Å². The fourth-order valence-electron chi connectivity index (χ4n) is 0.240. The van der Waals surface area contributed by atoms with Crippen molar-refractivity contribution in [1.29, 1.82) is 0 Å². The second-order valence-electron chi connectivity index (χ2n) is 1.47. The van der Waals surface area contributed by atoms with Gasteiger partial charge in [0.05, 0.1) is 0 Å². The van der Waals surface area contributed by atoms with E-state index in [9.17, 15) is 9.13 Å². The van der Waals surface area contributed by atoms with Gasteiger partial charge >= 0.3 is 15.2 Å². The minimum atomic E-state index is -4.55. The Kier molecular flexibility index (Phi) is 19.4. The smallest absolute Gasteiger partial charge is 0.324 e. The van der Waals surface area contributed by atoms with E-state index in [1.54, 1.807) is 0 Å². The molecule has 12 heavy (non-hydrogen) atoms. The second kappa shape index (κ2) is 9.52. The van der Waals surface area contributed by atoms with Crippen molar-refractivity contribution in [1.82, 2.24) is 0 Å². The fourth-order valence-corrected chi connectivity index (χ4v) is 2.16. The molecule has 0 saturated carbocycles. The molecular formula is CH6Na3O6P2. The van der Waals surface area contributed by atoms with Crippen molar-refractivity contribution >= 4 is 104 Å². The van der Waals surface area contributed by atoms with Gasteiger partial charge in [-0.25, -0.2) is 0 Å². The van der Waals surface area contributed by atoms with Crippen molar-refractivity contribution in [3.8, 4) is 0 Å². The molecule has 59 valence electrons. The van der Waals surface area contributed by atoms with Gasteiger partial charge in [0.2, 0.25) is 0 Å². The quantitative estimate of drug-likeness (QED) is 0.335. The maximum atomic E-state index is 9.85. The first-order valence-corrected chi connectivity index (χ1v) is 5.39. The van der Waals surface area contributed by atoms with E-state index in [1.165, 1.54) is 0 Å². The van der Waals surface area contributed by atoms with Gasteiger partial charge in [-0.15, -0.1) is 0 Å². The fraction of sp³-hybridized carbons (Fsp3) is 1.00. The zero-order chi connectivity index (χ0) is 7.71. The van der Waals surface area contributed by atoms with E-state index in [1.807, 2.05) is 0 Å². The Morgan fingerprint density at radius 1 is 0.750 bits per heavy atom. The van der Waals surface area contributed by atoms with Crippen LogP contribution in [0.15, 0.2) is 0 Å². The summed E-state index contributed by atoms with van der Waals surface area (Å²) in [6, 6.07) is 0. The summed E-state index contributed by atoms with van der Waals surface area (Å²) >= 11 is 0. The van der Waals surface area contributed by atoms with Crippen molar-refractivity contribution < 1.29 is 28.7 Å². The molecule has 0 saturated heterocycles. The first-order chi connectivity index (χ1) is 3.71. The van der Waals surface area contributed by atoms with E-state index in [0.29, 0.717) is 0 Å². The first-order valence-electron chi connectivity index (χ1n) is 1.80. The largest absolute Gasteiger partial charge is 0.337 e. The van der Waals surface area contributed by atoms with Crippen LogP contribution in [0.25, 0.3) is 0 Å². The van der Waals surface area contributed by atoms with Crippen LogP contribution in [0.1, 0.15) is 0 Å². The Labute approximate surface area is 136 Å². The van der Waals surface area contributed by atoms with Gasteiger partial charge in [-0.1, -0.05) is 0 Å². The number of rotatable bonds is 2. The Morgan fingerprint density at radius 3 is 0.917 bits per heavy atom. The number of hydrogen-bond donors (Lipinski definition) is 4. The molecule has 0 amide bonds. The molecule has 4 N–H and O–H groups in total. The van der Waals surface area contributed by atoms with Crippen molar-refractivity contribution in [3.05, 3.63) is 0 Å². The van der Waals surface area contributed by atoms with Crippen LogP contribution in [-0.2, 0) is 9.13 Å². The predicted molar refractivity (Wildman–Crippen MR) is 46.2 cm³/mol. The third kappa shape index (κ3) is 23.3. The van der Waals surface area contributed by atoms with Crippen molar-refractivity contribution in [2.75, 3.05) is 5.90 Å². The zero-order valence-electron chi connectivity index (χ0n) is 7.21. The summed E-state index contributed by atoms with van der Waals surface area (Å²) in [5, 5.41) is 0. The van der Waals surface area contributed by atoms with Crippen molar-refractivity contribution in [3.63, 3.8) is 0 Å². The minimum Gasteiger partial charge on any atom is -0.324 e. The molecule has 3 radical (unpaired) electrons. The molecule has 0 bridgehead atoms. The summed E-state index contributed by atoms with van der Waals surface area (Å²) in [5.74, 6) is -1.38. The van der Waals surface area contributed by atoms with Crippen LogP contribution in [-0.4, -0.2) is 114 Å². The molecular weight excluding hydrogens is 239 g/mol. The molecule has 6 nitrogen and oxygen atoms in total. The van der Waals surface area contributed by atoms with E-state index < -0.39 is 21.1 Å². The van der Waals surface area contributed by atoms with Gasteiger partial charge in [0.1, 0.15) is 0 Å². The maximum absolute atomic E-state index is 9.85. The molecule has 0 aromatic rings. The molecule has 0 unspecified atom stereocenters. The monoisotopic (exact) mass is 245 g/mol. The standard InChI is InChI=1S/CH6O6P2.3Na/c2-8(3,4)1-9(5,6)7;;;/h1H2,(H2,2,3,4)(H2,5,6,7);;;. The first kappa shape index (κ1) is 24.5. The van der Waals surface area contributed by atoms with Gasteiger partial charge < -0.3 is 19.6 Å². The SMILES string of the molecule is O=P(O)(O)CP(=O)(O)O.[Na].[Na].[Na]. The van der Waals surface area contributed by atoms with E-state index in [2.05, 4.69) is 0 Å². The Balaban J connectivity index is -0.000000107. The molecule has 0 aliphatic heterocycles. The van der Waals surface area contributed by atoms with Crippen LogP contribution >= 0.6 is 15.2 Å². The van der Waals surface area contributed by atoms with Crippen LogP contribution in [0.2, 0.25) is 0 Å². The summed E-state index contributed by atoms with van der Waals surface area (Å²) in [5.41, 5.74) is 0. The maximum Gasteiger partial charge on any atom is 0.337 e. The second-order valence-corrected chi connectivity index (χ2v) is 5.26. The van der Waals surface area contributed by atoms with Gasteiger partial charge in [0.15, 0.2) is 5.90 Å². The third-order valence-electron chi connectivity index (χ3n) is 0.368. The summed E-state index contributed by atoms with van der Waals surface area (Å²) in [6.45, 7) is 0. The average Bonchev–Trinajstić information content (AvgIpc) is 1.14. The Morgan fingerprint density at radius 2 is 0.917 bits per heavy atom. The van der Waals surface area contributed by atoms with Gasteiger partial charge in [-0.3, -0.25) is 9.13 Å². The van der Waals surface area contributed by atoms with Crippen LogP contribution in [0, 0.1) is 0 Å². The normalized spacial score (nSPS) is 10.3. The Hall–Kier alpha value is 3.30. The summed E-state index contributed by atoms with van der Waals surface area (Å²) in [7, 11) is -9.10. The summed E-state index contributed by atoms with van der Waals surface area (Å²) in [6.07, 6.45) is 0. The van der Waals surface area contributed by atoms with Gasteiger partial charge in [-0.2, -0.15) is 0 Å². The van der Waals surface area contributed by atoms with Crippen molar-refractivity contribution in [2.45, 2.75) is 0 Å². The van der Waals surface area contributed by atoms with E-state index in [0.717, 1.165) is 0 Å². The summed E-state index contributed by atoms with van der Waals surface area (Å²) < 4.78 is 19.7. The molecule has 11 heteroatoms. The van der Waals surface area contributed by atoms with Gasteiger partial charge in [-0.05, 0) is 0 Å². The van der Waals surface area contributed by atoms with Gasteiger partial charge in [0.25, 0.3) is 0 Å². The van der Waals surface area contributed by atoms with E-state index in [-0.39, 0.29) is 88.7 Å². The van der Waals surface area contributed by atoms with Crippen molar-refractivity contribution in [2.24, 2.45) is 0 Å². The molecule has 0 aliphatic carbocycles. The molecule has 0 rings (SSSR count). The minimum absolute atomic E-state index is 0. The molecule has 0 aromatic carbocycles. The van der Waals surface area contributed by atoms with Crippen LogP contribution in [0.3, 0.4) is 0 Å². The average molecular weight is 245 g/mol. The molecule has 0 heterocycles. The zero-order valence-corrected chi connectivity index (χ0v) is 15.0. The molecule has 0 fully saturated rings.